The van der Waals surface area contributed by atoms with Crippen molar-refractivity contribution in [2.75, 3.05) is 41.0 Å². The molecule has 0 aliphatic rings. The second-order valence-corrected chi connectivity index (χ2v) is 3.34. The molecular weight excluding hydrogens is 182 g/mol. The van der Waals surface area contributed by atoms with Crippen molar-refractivity contribution in [3.8, 4) is 0 Å². The number of ether oxygens (including phenoxy) is 2. The van der Waals surface area contributed by atoms with E-state index in [1.54, 1.807) is 7.11 Å². The molecule has 14 heavy (non-hydrogen) atoms. The molecule has 0 fully saturated rings. The highest BCUT2D eigenvalue weighted by molar-refractivity contribution is 5.66. The summed E-state index contributed by atoms with van der Waals surface area (Å²) < 4.78 is 9.87. The first-order valence-corrected chi connectivity index (χ1v) is 4.51. The number of likely N-dealkylation sites (N-methyl/N-ethyl adjacent to an activating group) is 1. The predicted molar refractivity (Wildman–Crippen MR) is 55.1 cm³/mol. The first kappa shape index (κ1) is 13.1. The zero-order valence-electron chi connectivity index (χ0n) is 9.37. The van der Waals surface area contributed by atoms with E-state index in [0.717, 1.165) is 12.1 Å². The van der Waals surface area contributed by atoms with Crippen LogP contribution in [0.3, 0.4) is 0 Å². The van der Waals surface area contributed by atoms with Gasteiger partial charge in [0, 0.05) is 20.6 Å². The van der Waals surface area contributed by atoms with Crippen molar-refractivity contribution in [2.24, 2.45) is 0 Å². The lowest BCUT2D eigenvalue weighted by Crippen LogP contribution is -2.14. The first-order valence-electron chi connectivity index (χ1n) is 4.51. The molecule has 0 heterocycles. The summed E-state index contributed by atoms with van der Waals surface area (Å²) in [5.74, 6) is -0.267. The molecular formula is C10H19NO3. The minimum Gasteiger partial charge on any atom is -0.461 e. The Kier molecular flexibility index (Phi) is 7.06. The fourth-order valence-corrected chi connectivity index (χ4v) is 0.851. The van der Waals surface area contributed by atoms with Gasteiger partial charge in [0.15, 0.2) is 0 Å². The second-order valence-electron chi connectivity index (χ2n) is 3.34. The number of methoxy groups -OCH3 is 1. The third-order valence-electron chi connectivity index (χ3n) is 1.54. The second kappa shape index (κ2) is 7.53. The van der Waals surface area contributed by atoms with Gasteiger partial charge in [-0.1, -0.05) is 6.08 Å². The van der Waals surface area contributed by atoms with Crippen LogP contribution in [0.5, 0.6) is 0 Å². The van der Waals surface area contributed by atoms with Crippen molar-refractivity contribution in [1.29, 1.82) is 0 Å². The number of hydrogen-bond acceptors (Lipinski definition) is 4. The highest BCUT2D eigenvalue weighted by Crippen LogP contribution is 1.97. The van der Waals surface area contributed by atoms with Gasteiger partial charge in [-0.15, -0.1) is 0 Å². The van der Waals surface area contributed by atoms with E-state index in [0.29, 0.717) is 13.2 Å². The Balaban J connectivity index is 3.99. The summed E-state index contributed by atoms with van der Waals surface area (Å²) in [5.41, 5.74) is 0.983. The van der Waals surface area contributed by atoms with Crippen LogP contribution < -0.4 is 0 Å². The number of hydrogen-bond donors (Lipinski definition) is 0. The molecule has 0 aromatic rings. The van der Waals surface area contributed by atoms with E-state index >= 15 is 0 Å². The van der Waals surface area contributed by atoms with Crippen molar-refractivity contribution >= 4 is 5.97 Å². The largest absolute Gasteiger partial charge is 0.461 e. The molecule has 82 valence electrons. The van der Waals surface area contributed by atoms with E-state index < -0.39 is 0 Å². The van der Waals surface area contributed by atoms with Crippen LogP contribution in [0, 0.1) is 0 Å². The topological polar surface area (TPSA) is 38.8 Å². The molecule has 0 atom stereocenters. The minimum absolute atomic E-state index is 0.267. The van der Waals surface area contributed by atoms with Gasteiger partial charge in [-0.05, 0) is 19.7 Å². The van der Waals surface area contributed by atoms with Crippen LogP contribution >= 0.6 is 0 Å². The summed E-state index contributed by atoms with van der Waals surface area (Å²) in [6.07, 6.45) is 2.01. The normalized spacial score (nSPS) is 11.9. The van der Waals surface area contributed by atoms with Crippen molar-refractivity contribution < 1.29 is 14.3 Å². The monoisotopic (exact) mass is 201 g/mol. The van der Waals surface area contributed by atoms with E-state index in [-0.39, 0.29) is 5.97 Å². The van der Waals surface area contributed by atoms with E-state index in [4.69, 9.17) is 9.47 Å². The van der Waals surface area contributed by atoms with Crippen LogP contribution in [0.4, 0.5) is 0 Å². The number of carbonyl (C=O) groups is 1. The van der Waals surface area contributed by atoms with Gasteiger partial charge in [-0.25, -0.2) is 0 Å². The fraction of sp³-hybridized carbons (Fsp3) is 0.700. The molecule has 0 aromatic carbocycles. The molecule has 0 aliphatic heterocycles. The lowest BCUT2D eigenvalue weighted by molar-refractivity contribution is -0.140. The van der Waals surface area contributed by atoms with Crippen LogP contribution in [0.25, 0.3) is 0 Å². The Morgan fingerprint density at radius 3 is 2.43 bits per heavy atom. The maximum Gasteiger partial charge on any atom is 0.302 e. The van der Waals surface area contributed by atoms with E-state index in [2.05, 4.69) is 0 Å². The van der Waals surface area contributed by atoms with Crippen molar-refractivity contribution in [3.05, 3.63) is 11.6 Å². The molecule has 0 radical (unpaired) electrons. The zero-order chi connectivity index (χ0) is 11.0. The summed E-state index contributed by atoms with van der Waals surface area (Å²) in [7, 11) is 5.58. The number of esters is 1. The van der Waals surface area contributed by atoms with Gasteiger partial charge >= 0.3 is 5.97 Å². The Morgan fingerprint density at radius 1 is 1.36 bits per heavy atom. The molecule has 0 spiro atoms. The predicted octanol–water partition coefficient (Wildman–Crippen LogP) is 0.684. The summed E-state index contributed by atoms with van der Waals surface area (Å²) in [6.45, 7) is 3.04. The average molecular weight is 201 g/mol. The maximum absolute atomic E-state index is 10.6. The van der Waals surface area contributed by atoms with Crippen LogP contribution in [-0.2, 0) is 14.3 Å². The van der Waals surface area contributed by atoms with Gasteiger partial charge in [0.05, 0.1) is 6.61 Å². The zero-order valence-corrected chi connectivity index (χ0v) is 9.37. The Labute approximate surface area is 85.5 Å². The van der Waals surface area contributed by atoms with E-state index in [1.807, 2.05) is 25.1 Å². The van der Waals surface area contributed by atoms with Crippen LogP contribution in [0.15, 0.2) is 11.6 Å². The van der Waals surface area contributed by atoms with Crippen molar-refractivity contribution in [2.45, 2.75) is 6.92 Å². The van der Waals surface area contributed by atoms with Gasteiger partial charge in [0.25, 0.3) is 0 Å². The molecule has 4 heteroatoms. The summed E-state index contributed by atoms with van der Waals surface area (Å²) in [5, 5.41) is 0. The highest BCUT2D eigenvalue weighted by Gasteiger charge is 2.00. The first-order chi connectivity index (χ1) is 6.56. The molecule has 0 N–H and O–H groups in total. The van der Waals surface area contributed by atoms with Gasteiger partial charge in [0.1, 0.15) is 6.61 Å². The number of carbonyl (C=O) groups excluding carboxylic acids is 1. The van der Waals surface area contributed by atoms with Crippen molar-refractivity contribution in [1.82, 2.24) is 4.90 Å². The van der Waals surface area contributed by atoms with E-state index in [1.165, 1.54) is 6.92 Å². The SMILES string of the molecule is COCC(=CCN(C)C)COC(C)=O. The van der Waals surface area contributed by atoms with Crippen molar-refractivity contribution in [3.63, 3.8) is 0 Å². The molecule has 4 nitrogen and oxygen atoms in total. The summed E-state index contributed by atoms with van der Waals surface area (Å²) in [4.78, 5) is 12.6. The lowest BCUT2D eigenvalue weighted by Gasteiger charge is -2.09. The molecule has 0 aromatic heterocycles. The van der Waals surface area contributed by atoms with Crippen LogP contribution in [0.1, 0.15) is 6.92 Å². The maximum atomic E-state index is 10.6. The average Bonchev–Trinajstić information content (AvgIpc) is 2.09. The molecule has 0 rings (SSSR count). The van der Waals surface area contributed by atoms with Gasteiger partial charge in [-0.3, -0.25) is 4.79 Å². The van der Waals surface area contributed by atoms with Crippen LogP contribution in [0.2, 0.25) is 0 Å². The van der Waals surface area contributed by atoms with Gasteiger partial charge in [0.2, 0.25) is 0 Å². The fourth-order valence-electron chi connectivity index (χ4n) is 0.851. The quantitative estimate of drug-likeness (QED) is 0.468. The third-order valence-corrected chi connectivity index (χ3v) is 1.54. The third kappa shape index (κ3) is 7.76. The van der Waals surface area contributed by atoms with Gasteiger partial charge < -0.3 is 14.4 Å². The van der Waals surface area contributed by atoms with Gasteiger partial charge in [-0.2, -0.15) is 0 Å². The number of rotatable bonds is 6. The summed E-state index contributed by atoms with van der Waals surface area (Å²) >= 11 is 0. The standard InChI is InChI=1S/C10H19NO3/c1-9(12)14-8-10(7-13-4)5-6-11(2)3/h5H,6-8H2,1-4H3. The molecule has 0 unspecified atom stereocenters. The Morgan fingerprint density at radius 2 is 2.00 bits per heavy atom. The molecule has 0 amide bonds. The summed E-state index contributed by atoms with van der Waals surface area (Å²) in [6, 6.07) is 0. The number of nitrogens with zero attached hydrogens (tertiary/aromatic N) is 1. The van der Waals surface area contributed by atoms with E-state index in [9.17, 15) is 4.79 Å². The molecule has 0 saturated heterocycles. The molecule has 0 saturated carbocycles. The Bertz CT molecular complexity index is 200. The lowest BCUT2D eigenvalue weighted by atomic mass is 10.3. The molecule has 0 bridgehead atoms. The highest BCUT2D eigenvalue weighted by atomic mass is 16.5. The van der Waals surface area contributed by atoms with Crippen LogP contribution in [-0.4, -0.2) is 51.8 Å². The Hall–Kier alpha value is -0.870. The smallest absolute Gasteiger partial charge is 0.302 e. The minimum atomic E-state index is -0.267. The molecule has 0 aliphatic carbocycles.